The lowest BCUT2D eigenvalue weighted by Gasteiger charge is -2.31. The van der Waals surface area contributed by atoms with Crippen molar-refractivity contribution in [2.45, 2.75) is 53.5 Å². The average Bonchev–Trinajstić information content (AvgIpc) is 2.32. The minimum absolute atomic E-state index is 0.693. The monoisotopic (exact) mass is 285 g/mol. The fraction of sp³-hybridized carbons (Fsp3) is 1.00. The van der Waals surface area contributed by atoms with Gasteiger partial charge in [-0.3, -0.25) is 4.90 Å². The predicted molar refractivity (Wildman–Crippen MR) is 91.4 cm³/mol. The molecule has 1 unspecified atom stereocenters. The van der Waals surface area contributed by atoms with E-state index in [1.807, 2.05) is 0 Å². The van der Waals surface area contributed by atoms with E-state index in [0.29, 0.717) is 6.04 Å². The third kappa shape index (κ3) is 11.7. The van der Waals surface area contributed by atoms with Gasteiger partial charge in [0.05, 0.1) is 0 Å². The Morgan fingerprint density at radius 1 is 0.900 bits per heavy atom. The lowest BCUT2D eigenvalue weighted by molar-refractivity contribution is 0.161. The van der Waals surface area contributed by atoms with Gasteiger partial charge in [-0.1, -0.05) is 27.7 Å². The minimum Gasteiger partial charge on any atom is -0.316 e. The van der Waals surface area contributed by atoms with Gasteiger partial charge in [0.15, 0.2) is 0 Å². The van der Waals surface area contributed by atoms with Crippen LogP contribution in [0.25, 0.3) is 0 Å². The first-order valence-electron chi connectivity index (χ1n) is 8.42. The molecule has 0 aliphatic carbocycles. The molecule has 3 nitrogen and oxygen atoms in total. The van der Waals surface area contributed by atoms with E-state index in [1.54, 1.807) is 0 Å². The van der Waals surface area contributed by atoms with E-state index in [1.165, 1.54) is 25.9 Å². The Balaban J connectivity index is 3.96. The van der Waals surface area contributed by atoms with Crippen LogP contribution in [0.1, 0.15) is 47.5 Å². The summed E-state index contributed by atoms with van der Waals surface area (Å²) in [6.07, 6.45) is 2.58. The van der Waals surface area contributed by atoms with E-state index in [0.717, 1.165) is 31.5 Å². The molecule has 0 aromatic rings. The average molecular weight is 286 g/mol. The first kappa shape index (κ1) is 19.9. The summed E-state index contributed by atoms with van der Waals surface area (Å²) < 4.78 is 0. The third-order valence-electron chi connectivity index (χ3n) is 3.59. The summed E-state index contributed by atoms with van der Waals surface area (Å²) in [5, 5.41) is 3.54. The van der Waals surface area contributed by atoms with E-state index in [9.17, 15) is 0 Å². The van der Waals surface area contributed by atoms with E-state index in [4.69, 9.17) is 0 Å². The quantitative estimate of drug-likeness (QED) is 0.556. The van der Waals surface area contributed by atoms with E-state index < -0.39 is 0 Å². The fourth-order valence-electron chi connectivity index (χ4n) is 2.38. The highest BCUT2D eigenvalue weighted by molar-refractivity contribution is 4.70. The van der Waals surface area contributed by atoms with Crippen LogP contribution in [0.5, 0.6) is 0 Å². The van der Waals surface area contributed by atoms with Gasteiger partial charge in [0, 0.05) is 25.7 Å². The number of nitrogens with zero attached hydrogens (tertiary/aromatic N) is 2. The van der Waals surface area contributed by atoms with Crippen LogP contribution >= 0.6 is 0 Å². The predicted octanol–water partition coefficient (Wildman–Crippen LogP) is 2.92. The second-order valence-corrected chi connectivity index (χ2v) is 7.28. The first-order chi connectivity index (χ1) is 9.32. The molecule has 0 saturated carbocycles. The van der Waals surface area contributed by atoms with Crippen LogP contribution in [-0.2, 0) is 0 Å². The molecule has 122 valence electrons. The maximum Gasteiger partial charge on any atom is 0.0112 e. The zero-order valence-corrected chi connectivity index (χ0v) is 15.1. The Kier molecular flexibility index (Phi) is 11.5. The Morgan fingerprint density at radius 3 is 2.05 bits per heavy atom. The van der Waals surface area contributed by atoms with Crippen LogP contribution in [0.4, 0.5) is 0 Å². The molecule has 1 atom stereocenters. The van der Waals surface area contributed by atoms with Crippen LogP contribution in [0, 0.1) is 11.8 Å². The molecule has 0 spiro atoms. The molecule has 0 heterocycles. The summed E-state index contributed by atoms with van der Waals surface area (Å²) in [5.74, 6) is 1.50. The van der Waals surface area contributed by atoms with Gasteiger partial charge in [0.2, 0.25) is 0 Å². The Morgan fingerprint density at radius 2 is 1.55 bits per heavy atom. The van der Waals surface area contributed by atoms with Crippen LogP contribution < -0.4 is 5.32 Å². The molecule has 0 radical (unpaired) electrons. The molecule has 0 aromatic heterocycles. The number of likely N-dealkylation sites (N-methyl/N-ethyl adjacent to an activating group) is 1. The molecule has 0 rings (SSSR count). The van der Waals surface area contributed by atoms with Crippen molar-refractivity contribution in [3.8, 4) is 0 Å². The molecule has 20 heavy (non-hydrogen) atoms. The summed E-state index contributed by atoms with van der Waals surface area (Å²) in [6, 6.07) is 0.693. The minimum atomic E-state index is 0.693. The highest BCUT2D eigenvalue weighted by Gasteiger charge is 2.14. The number of nitrogens with one attached hydrogen (secondary N) is 1. The summed E-state index contributed by atoms with van der Waals surface area (Å²) in [7, 11) is 4.32. The van der Waals surface area contributed by atoms with Crippen molar-refractivity contribution in [2.24, 2.45) is 11.8 Å². The largest absolute Gasteiger partial charge is 0.316 e. The standard InChI is InChI=1S/C17H39N3/c1-15(2)13-18-10-8-9-17(5)20(14-16(3)4)12-11-19(6)7/h15-18H,8-14H2,1-7H3. The second kappa shape index (κ2) is 11.5. The smallest absolute Gasteiger partial charge is 0.0112 e. The maximum absolute atomic E-state index is 3.54. The Hall–Kier alpha value is -0.120. The summed E-state index contributed by atoms with van der Waals surface area (Å²) in [6.45, 7) is 17.4. The number of hydrogen-bond acceptors (Lipinski definition) is 3. The highest BCUT2D eigenvalue weighted by Crippen LogP contribution is 2.09. The maximum atomic E-state index is 3.54. The van der Waals surface area contributed by atoms with E-state index in [-0.39, 0.29) is 0 Å². The zero-order valence-electron chi connectivity index (χ0n) is 15.1. The van der Waals surface area contributed by atoms with E-state index in [2.05, 4.69) is 63.8 Å². The molecule has 0 saturated heterocycles. The Bertz CT molecular complexity index is 214. The van der Waals surface area contributed by atoms with Crippen molar-refractivity contribution in [3.05, 3.63) is 0 Å². The van der Waals surface area contributed by atoms with Crippen LogP contribution in [-0.4, -0.2) is 62.7 Å². The van der Waals surface area contributed by atoms with Gasteiger partial charge in [-0.05, 0) is 58.8 Å². The molecule has 0 fully saturated rings. The lowest BCUT2D eigenvalue weighted by atomic mass is 10.1. The lowest BCUT2D eigenvalue weighted by Crippen LogP contribution is -2.40. The fourth-order valence-corrected chi connectivity index (χ4v) is 2.38. The van der Waals surface area contributed by atoms with E-state index >= 15 is 0 Å². The van der Waals surface area contributed by atoms with Crippen LogP contribution in [0.2, 0.25) is 0 Å². The SMILES string of the molecule is CC(C)CNCCCC(C)N(CCN(C)C)CC(C)C. The molecule has 0 aliphatic rings. The molecular weight excluding hydrogens is 246 g/mol. The molecular formula is C17H39N3. The van der Waals surface area contributed by atoms with Crippen LogP contribution in [0.3, 0.4) is 0 Å². The van der Waals surface area contributed by atoms with Crippen molar-refractivity contribution in [1.82, 2.24) is 15.1 Å². The molecule has 0 bridgehead atoms. The Labute approximate surface area is 128 Å². The molecule has 0 aromatic carbocycles. The topological polar surface area (TPSA) is 18.5 Å². The summed E-state index contributed by atoms with van der Waals surface area (Å²) in [5.41, 5.74) is 0. The summed E-state index contributed by atoms with van der Waals surface area (Å²) >= 11 is 0. The second-order valence-electron chi connectivity index (χ2n) is 7.28. The molecule has 0 amide bonds. The van der Waals surface area contributed by atoms with Gasteiger partial charge in [-0.15, -0.1) is 0 Å². The third-order valence-corrected chi connectivity index (χ3v) is 3.59. The van der Waals surface area contributed by atoms with Gasteiger partial charge >= 0.3 is 0 Å². The van der Waals surface area contributed by atoms with Crippen LogP contribution in [0.15, 0.2) is 0 Å². The van der Waals surface area contributed by atoms with Gasteiger partial charge in [-0.25, -0.2) is 0 Å². The molecule has 0 aliphatic heterocycles. The highest BCUT2D eigenvalue weighted by atomic mass is 15.2. The van der Waals surface area contributed by atoms with Gasteiger partial charge in [0.25, 0.3) is 0 Å². The summed E-state index contributed by atoms with van der Waals surface area (Å²) in [4.78, 5) is 4.94. The number of hydrogen-bond donors (Lipinski definition) is 1. The van der Waals surface area contributed by atoms with Gasteiger partial charge in [0.1, 0.15) is 0 Å². The van der Waals surface area contributed by atoms with Crippen molar-refractivity contribution >= 4 is 0 Å². The van der Waals surface area contributed by atoms with Gasteiger partial charge in [-0.2, -0.15) is 0 Å². The number of rotatable bonds is 12. The normalized spacial score (nSPS) is 13.9. The zero-order chi connectivity index (χ0) is 15.5. The molecule has 1 N–H and O–H groups in total. The first-order valence-corrected chi connectivity index (χ1v) is 8.42. The van der Waals surface area contributed by atoms with Crippen molar-refractivity contribution < 1.29 is 0 Å². The van der Waals surface area contributed by atoms with Crippen molar-refractivity contribution in [2.75, 3.05) is 46.8 Å². The van der Waals surface area contributed by atoms with Crippen molar-refractivity contribution in [1.29, 1.82) is 0 Å². The molecule has 3 heteroatoms. The van der Waals surface area contributed by atoms with Gasteiger partial charge < -0.3 is 10.2 Å². The van der Waals surface area contributed by atoms with Crippen molar-refractivity contribution in [3.63, 3.8) is 0 Å².